The van der Waals surface area contributed by atoms with E-state index in [4.69, 9.17) is 4.74 Å². The lowest BCUT2D eigenvalue weighted by Gasteiger charge is -2.15. The Morgan fingerprint density at radius 2 is 1.54 bits per heavy atom. The van der Waals surface area contributed by atoms with Crippen molar-refractivity contribution < 1.29 is 27.5 Å². The first kappa shape index (κ1) is 17.6. The Kier molecular flexibility index (Phi) is 4.47. The fourth-order valence-corrected chi connectivity index (χ4v) is 3.08. The van der Waals surface area contributed by atoms with Gasteiger partial charge in [0.1, 0.15) is 0 Å². The summed E-state index contributed by atoms with van der Waals surface area (Å²) in [4.78, 5) is 37.6. The van der Waals surface area contributed by atoms with Crippen LogP contribution in [0.15, 0.2) is 48.5 Å². The fraction of sp³-hybridized carbons (Fsp3) is 0.118. The molecule has 134 valence electrons. The zero-order valence-corrected chi connectivity index (χ0v) is 14.4. The van der Waals surface area contributed by atoms with Gasteiger partial charge < -0.3 is 4.74 Å². The van der Waals surface area contributed by atoms with Crippen LogP contribution in [0.1, 0.15) is 31.1 Å². The van der Waals surface area contributed by atoms with E-state index in [-0.39, 0.29) is 22.4 Å². The van der Waals surface area contributed by atoms with E-state index in [0.717, 1.165) is 11.2 Å². The highest BCUT2D eigenvalue weighted by molar-refractivity contribution is 7.92. The zero-order valence-electron chi connectivity index (χ0n) is 13.6. The average Bonchev–Trinajstić information content (AvgIpc) is 2.83. The third-order valence-corrected chi connectivity index (χ3v) is 4.24. The van der Waals surface area contributed by atoms with Gasteiger partial charge in [-0.3, -0.25) is 14.3 Å². The van der Waals surface area contributed by atoms with Crippen molar-refractivity contribution in [1.82, 2.24) is 4.90 Å². The molecule has 1 N–H and O–H groups in total. The molecule has 0 atom stereocenters. The molecule has 2 aromatic rings. The SMILES string of the molecule is CS(=O)(=O)Nc1ccccc1C(=O)OCN1C(=O)c2ccccc2C1=O. The average molecular weight is 374 g/mol. The van der Waals surface area contributed by atoms with Crippen molar-refractivity contribution in [2.75, 3.05) is 17.7 Å². The topological polar surface area (TPSA) is 110 Å². The highest BCUT2D eigenvalue weighted by Gasteiger charge is 2.35. The molecule has 8 nitrogen and oxygen atoms in total. The van der Waals surface area contributed by atoms with Crippen molar-refractivity contribution in [3.05, 3.63) is 65.2 Å². The van der Waals surface area contributed by atoms with Gasteiger partial charge in [0, 0.05) is 0 Å². The molecule has 0 radical (unpaired) electrons. The predicted octanol–water partition coefficient (Wildman–Crippen LogP) is 1.47. The number of carbonyl (C=O) groups is 3. The molecule has 1 aliphatic rings. The molecule has 0 saturated carbocycles. The van der Waals surface area contributed by atoms with E-state index in [0.29, 0.717) is 0 Å². The molecular formula is C17H14N2O6S. The van der Waals surface area contributed by atoms with Crippen molar-refractivity contribution in [3.8, 4) is 0 Å². The number of hydrogen-bond donors (Lipinski definition) is 1. The molecule has 1 aliphatic heterocycles. The van der Waals surface area contributed by atoms with Crippen LogP contribution >= 0.6 is 0 Å². The summed E-state index contributed by atoms with van der Waals surface area (Å²) in [5.41, 5.74) is 0.497. The van der Waals surface area contributed by atoms with Crippen molar-refractivity contribution in [2.45, 2.75) is 0 Å². The highest BCUT2D eigenvalue weighted by atomic mass is 32.2. The minimum Gasteiger partial charge on any atom is -0.440 e. The van der Waals surface area contributed by atoms with E-state index in [1.807, 2.05) is 0 Å². The Hall–Kier alpha value is -3.20. The number of nitrogens with zero attached hydrogens (tertiary/aromatic N) is 1. The number of ether oxygens (including phenoxy) is 1. The van der Waals surface area contributed by atoms with E-state index in [1.165, 1.54) is 30.3 Å². The van der Waals surface area contributed by atoms with Crippen LogP contribution in [0.25, 0.3) is 0 Å². The standard InChI is InChI=1S/C17H14N2O6S/c1-26(23,24)18-14-9-5-4-8-13(14)17(22)25-10-19-15(20)11-6-2-3-7-12(11)16(19)21/h2-9,18H,10H2,1H3. The van der Waals surface area contributed by atoms with Crippen LogP contribution in [0.2, 0.25) is 0 Å². The van der Waals surface area contributed by atoms with Crippen LogP contribution in [0.5, 0.6) is 0 Å². The molecule has 0 bridgehead atoms. The lowest BCUT2D eigenvalue weighted by atomic mass is 10.1. The summed E-state index contributed by atoms with van der Waals surface area (Å²) >= 11 is 0. The van der Waals surface area contributed by atoms with E-state index in [1.54, 1.807) is 18.2 Å². The second kappa shape index (κ2) is 6.60. The lowest BCUT2D eigenvalue weighted by Crippen LogP contribution is -2.33. The highest BCUT2D eigenvalue weighted by Crippen LogP contribution is 2.23. The van der Waals surface area contributed by atoms with Crippen molar-refractivity contribution in [1.29, 1.82) is 0 Å². The van der Waals surface area contributed by atoms with Gasteiger partial charge in [0.25, 0.3) is 11.8 Å². The molecule has 3 rings (SSSR count). The second-order valence-corrected chi connectivity index (χ2v) is 7.31. The Morgan fingerprint density at radius 3 is 2.12 bits per heavy atom. The number of carbonyl (C=O) groups excluding carboxylic acids is 3. The van der Waals surface area contributed by atoms with Crippen molar-refractivity contribution >= 4 is 33.5 Å². The summed E-state index contributed by atoms with van der Waals surface area (Å²) in [7, 11) is -3.59. The summed E-state index contributed by atoms with van der Waals surface area (Å²) < 4.78 is 30.1. The summed E-state index contributed by atoms with van der Waals surface area (Å²) in [6.45, 7) is -0.571. The van der Waals surface area contributed by atoms with Gasteiger partial charge in [0.15, 0.2) is 6.73 Å². The number of imide groups is 1. The molecule has 1 heterocycles. The van der Waals surface area contributed by atoms with Gasteiger partial charge in [-0.05, 0) is 24.3 Å². The lowest BCUT2D eigenvalue weighted by molar-refractivity contribution is 0.0229. The number of nitrogens with one attached hydrogen (secondary N) is 1. The number of hydrogen-bond acceptors (Lipinski definition) is 6. The van der Waals surface area contributed by atoms with Gasteiger partial charge >= 0.3 is 5.97 Å². The van der Waals surface area contributed by atoms with Crippen LogP contribution in [0.4, 0.5) is 5.69 Å². The Labute approximate surface area is 149 Å². The summed E-state index contributed by atoms with van der Waals surface area (Å²) in [6, 6.07) is 12.2. The Bertz CT molecular complexity index is 980. The third-order valence-electron chi connectivity index (χ3n) is 3.65. The normalized spacial score (nSPS) is 13.5. The number of fused-ring (bicyclic) bond motifs is 1. The Balaban J connectivity index is 1.75. The summed E-state index contributed by atoms with van der Waals surface area (Å²) in [5.74, 6) is -1.98. The predicted molar refractivity (Wildman–Crippen MR) is 92.1 cm³/mol. The van der Waals surface area contributed by atoms with E-state index in [2.05, 4.69) is 4.72 Å². The smallest absolute Gasteiger partial charge is 0.342 e. The van der Waals surface area contributed by atoms with Crippen LogP contribution in [-0.4, -0.2) is 44.1 Å². The summed E-state index contributed by atoms with van der Waals surface area (Å²) in [6.07, 6.45) is 0.952. The molecule has 0 unspecified atom stereocenters. The number of rotatable bonds is 5. The van der Waals surface area contributed by atoms with Crippen LogP contribution in [0, 0.1) is 0 Å². The van der Waals surface area contributed by atoms with Gasteiger partial charge in [0.2, 0.25) is 10.0 Å². The molecule has 0 aliphatic carbocycles. The molecule has 2 amide bonds. The van der Waals surface area contributed by atoms with Gasteiger partial charge in [-0.25, -0.2) is 18.1 Å². The number of sulfonamides is 1. The van der Waals surface area contributed by atoms with Crippen LogP contribution < -0.4 is 4.72 Å². The fourth-order valence-electron chi connectivity index (χ4n) is 2.51. The molecule has 0 saturated heterocycles. The molecular weight excluding hydrogens is 360 g/mol. The second-order valence-electron chi connectivity index (χ2n) is 5.56. The molecule has 9 heteroatoms. The van der Waals surface area contributed by atoms with Gasteiger partial charge in [0.05, 0.1) is 28.6 Å². The maximum absolute atomic E-state index is 12.3. The number of esters is 1. The van der Waals surface area contributed by atoms with Gasteiger partial charge in [-0.1, -0.05) is 24.3 Å². The minimum absolute atomic E-state index is 0.0328. The monoisotopic (exact) mass is 374 g/mol. The van der Waals surface area contributed by atoms with E-state index >= 15 is 0 Å². The van der Waals surface area contributed by atoms with E-state index < -0.39 is 34.5 Å². The number of anilines is 1. The van der Waals surface area contributed by atoms with Crippen molar-refractivity contribution in [3.63, 3.8) is 0 Å². The first-order valence-electron chi connectivity index (χ1n) is 7.47. The maximum Gasteiger partial charge on any atom is 0.342 e. The van der Waals surface area contributed by atoms with Crippen LogP contribution in [-0.2, 0) is 14.8 Å². The minimum atomic E-state index is -3.59. The van der Waals surface area contributed by atoms with E-state index in [9.17, 15) is 22.8 Å². The number of amides is 2. The molecule has 0 aromatic heterocycles. The van der Waals surface area contributed by atoms with Crippen LogP contribution in [0.3, 0.4) is 0 Å². The first-order chi connectivity index (χ1) is 12.3. The number of benzene rings is 2. The molecule has 26 heavy (non-hydrogen) atoms. The third kappa shape index (κ3) is 3.42. The molecule has 0 spiro atoms. The van der Waals surface area contributed by atoms with Gasteiger partial charge in [-0.2, -0.15) is 0 Å². The largest absolute Gasteiger partial charge is 0.440 e. The molecule has 2 aromatic carbocycles. The maximum atomic E-state index is 12.3. The quantitative estimate of drug-likeness (QED) is 0.627. The Morgan fingerprint density at radius 1 is 1.00 bits per heavy atom. The number of para-hydroxylation sites is 1. The first-order valence-corrected chi connectivity index (χ1v) is 9.36. The van der Waals surface area contributed by atoms with Gasteiger partial charge in [-0.15, -0.1) is 0 Å². The summed E-state index contributed by atoms with van der Waals surface area (Å²) in [5, 5.41) is 0. The zero-order chi connectivity index (χ0) is 18.9. The molecule has 0 fully saturated rings. The van der Waals surface area contributed by atoms with Crippen molar-refractivity contribution in [2.24, 2.45) is 0 Å².